The van der Waals surface area contributed by atoms with E-state index in [-0.39, 0.29) is 28.9 Å². The number of carbonyl (C=O) groups excluding carboxylic acids is 2. The fourth-order valence-electron chi connectivity index (χ4n) is 3.47. The van der Waals surface area contributed by atoms with Crippen molar-refractivity contribution >= 4 is 34.7 Å². The molecule has 1 aromatic heterocycles. The maximum absolute atomic E-state index is 14.2. The highest BCUT2D eigenvalue weighted by atomic mass is 19.1. The predicted octanol–water partition coefficient (Wildman–Crippen LogP) is 2.73. The summed E-state index contributed by atoms with van der Waals surface area (Å²) in [5.41, 5.74) is 6.02. The van der Waals surface area contributed by atoms with E-state index in [4.69, 9.17) is 5.73 Å². The molecule has 158 valence electrons. The number of likely N-dealkylation sites (tertiary alicyclic amines) is 1. The van der Waals surface area contributed by atoms with Crippen molar-refractivity contribution in [3.8, 4) is 0 Å². The average molecular weight is 423 g/mol. The van der Waals surface area contributed by atoms with Crippen LogP contribution in [-0.4, -0.2) is 45.8 Å². The summed E-state index contributed by atoms with van der Waals surface area (Å²) in [4.78, 5) is 33.8. The van der Waals surface area contributed by atoms with Crippen LogP contribution in [0.5, 0.6) is 0 Å². The second-order valence-corrected chi connectivity index (χ2v) is 7.25. The standard InChI is InChI=1S/C22H19F2N5O2/c23-16-4-5-19-15(9-16)11-26-22(28-19)27-17-7-8-29(12-17)21(31)14-2-1-13(18(24)10-14)3-6-20(25)30/h1-6,9-11,17H,7-8,12H2,(H2,25,30)(H,26,27,28)/t17-/m1/s1. The first-order valence-corrected chi connectivity index (χ1v) is 9.64. The van der Waals surface area contributed by atoms with Gasteiger partial charge in [0.2, 0.25) is 11.9 Å². The number of aromatic nitrogens is 2. The van der Waals surface area contributed by atoms with Crippen LogP contribution in [0.4, 0.5) is 14.7 Å². The molecule has 1 saturated heterocycles. The van der Waals surface area contributed by atoms with Gasteiger partial charge < -0.3 is 16.0 Å². The molecule has 0 radical (unpaired) electrons. The topological polar surface area (TPSA) is 101 Å². The smallest absolute Gasteiger partial charge is 0.254 e. The molecule has 1 atom stereocenters. The van der Waals surface area contributed by atoms with Crippen LogP contribution in [-0.2, 0) is 4.79 Å². The zero-order chi connectivity index (χ0) is 22.0. The molecule has 0 spiro atoms. The van der Waals surface area contributed by atoms with Crippen LogP contribution in [0, 0.1) is 11.6 Å². The Bertz CT molecular complexity index is 1200. The molecule has 7 nitrogen and oxygen atoms in total. The molecule has 2 amide bonds. The normalized spacial score (nSPS) is 16.2. The maximum Gasteiger partial charge on any atom is 0.254 e. The summed E-state index contributed by atoms with van der Waals surface area (Å²) in [5, 5.41) is 3.80. The summed E-state index contributed by atoms with van der Waals surface area (Å²) in [7, 11) is 0. The van der Waals surface area contributed by atoms with E-state index in [0.29, 0.717) is 36.4 Å². The van der Waals surface area contributed by atoms with Crippen molar-refractivity contribution in [3.63, 3.8) is 0 Å². The first-order valence-electron chi connectivity index (χ1n) is 9.64. The summed E-state index contributed by atoms with van der Waals surface area (Å²) in [6, 6.07) is 8.31. The Balaban J connectivity index is 1.41. The Morgan fingerprint density at radius 3 is 2.81 bits per heavy atom. The molecular weight excluding hydrogens is 404 g/mol. The Labute approximate surface area is 176 Å². The number of nitrogens with zero attached hydrogens (tertiary/aromatic N) is 3. The summed E-state index contributed by atoms with van der Waals surface area (Å²) >= 11 is 0. The van der Waals surface area contributed by atoms with Crippen LogP contribution in [0.2, 0.25) is 0 Å². The van der Waals surface area contributed by atoms with Crippen molar-refractivity contribution in [2.24, 2.45) is 5.73 Å². The number of nitrogens with two attached hydrogens (primary N) is 1. The van der Waals surface area contributed by atoms with E-state index < -0.39 is 11.7 Å². The number of benzene rings is 2. The van der Waals surface area contributed by atoms with Gasteiger partial charge in [0, 0.05) is 47.9 Å². The number of hydrogen-bond acceptors (Lipinski definition) is 5. The molecule has 0 bridgehead atoms. The number of anilines is 1. The van der Waals surface area contributed by atoms with Crippen molar-refractivity contribution < 1.29 is 18.4 Å². The van der Waals surface area contributed by atoms with Crippen LogP contribution in [0.3, 0.4) is 0 Å². The molecule has 4 rings (SSSR count). The molecule has 1 aliphatic rings. The number of carbonyl (C=O) groups is 2. The van der Waals surface area contributed by atoms with Gasteiger partial charge in [-0.25, -0.2) is 18.7 Å². The lowest BCUT2D eigenvalue weighted by molar-refractivity contribution is -0.113. The molecule has 0 aliphatic carbocycles. The summed E-state index contributed by atoms with van der Waals surface area (Å²) in [5.74, 6) is -1.54. The molecule has 1 fully saturated rings. The van der Waals surface area contributed by atoms with E-state index in [9.17, 15) is 18.4 Å². The zero-order valence-electron chi connectivity index (χ0n) is 16.4. The molecule has 0 unspecified atom stereocenters. The summed E-state index contributed by atoms with van der Waals surface area (Å²) in [6.07, 6.45) is 4.54. The molecule has 31 heavy (non-hydrogen) atoms. The van der Waals surface area contributed by atoms with Gasteiger partial charge in [-0.15, -0.1) is 0 Å². The van der Waals surface area contributed by atoms with Crippen molar-refractivity contribution in [1.82, 2.24) is 14.9 Å². The van der Waals surface area contributed by atoms with Gasteiger partial charge >= 0.3 is 0 Å². The van der Waals surface area contributed by atoms with Gasteiger partial charge in [0.15, 0.2) is 0 Å². The van der Waals surface area contributed by atoms with Gasteiger partial charge in [0.1, 0.15) is 11.6 Å². The van der Waals surface area contributed by atoms with Crippen LogP contribution in [0.15, 0.2) is 48.7 Å². The molecule has 1 aliphatic heterocycles. The van der Waals surface area contributed by atoms with Gasteiger partial charge in [0.25, 0.3) is 5.91 Å². The predicted molar refractivity (Wildman–Crippen MR) is 112 cm³/mol. The minimum atomic E-state index is -0.683. The SMILES string of the molecule is NC(=O)C=Cc1ccc(C(=O)N2CC[C@@H](Nc3ncc4cc(F)ccc4n3)C2)cc1F. The minimum Gasteiger partial charge on any atom is -0.366 e. The van der Waals surface area contributed by atoms with Crippen molar-refractivity contribution in [1.29, 1.82) is 0 Å². The van der Waals surface area contributed by atoms with Crippen LogP contribution < -0.4 is 11.1 Å². The molecule has 3 N–H and O–H groups in total. The maximum atomic E-state index is 14.2. The fourth-order valence-corrected chi connectivity index (χ4v) is 3.47. The number of halogens is 2. The number of hydrogen-bond donors (Lipinski definition) is 2. The average Bonchev–Trinajstić information content (AvgIpc) is 3.20. The molecule has 0 saturated carbocycles. The molecular formula is C22H19F2N5O2. The van der Waals surface area contributed by atoms with Gasteiger partial charge in [-0.1, -0.05) is 6.07 Å². The summed E-state index contributed by atoms with van der Waals surface area (Å²) in [6.45, 7) is 0.912. The number of amides is 2. The van der Waals surface area contributed by atoms with Crippen molar-refractivity contribution in [2.45, 2.75) is 12.5 Å². The Hall–Kier alpha value is -3.88. The first kappa shape index (κ1) is 20.4. The van der Waals surface area contributed by atoms with Gasteiger partial charge in [-0.05, 0) is 42.8 Å². The Morgan fingerprint density at radius 2 is 2.03 bits per heavy atom. The van der Waals surface area contributed by atoms with E-state index in [0.717, 1.165) is 12.1 Å². The molecule has 9 heteroatoms. The lowest BCUT2D eigenvalue weighted by Gasteiger charge is -2.17. The van der Waals surface area contributed by atoms with Gasteiger partial charge in [0.05, 0.1) is 5.52 Å². The third-order valence-corrected chi connectivity index (χ3v) is 5.03. The molecule has 2 aromatic carbocycles. The second kappa shape index (κ2) is 8.47. The molecule has 2 heterocycles. The monoisotopic (exact) mass is 423 g/mol. The van der Waals surface area contributed by atoms with Crippen LogP contribution in [0.25, 0.3) is 17.0 Å². The molecule has 3 aromatic rings. The van der Waals surface area contributed by atoms with Crippen molar-refractivity contribution in [3.05, 3.63) is 71.4 Å². The van der Waals surface area contributed by atoms with Gasteiger partial charge in [-0.2, -0.15) is 0 Å². The highest BCUT2D eigenvalue weighted by Crippen LogP contribution is 2.20. The Morgan fingerprint density at radius 1 is 1.19 bits per heavy atom. The highest BCUT2D eigenvalue weighted by molar-refractivity contribution is 5.95. The number of primary amides is 1. The number of fused-ring (bicyclic) bond motifs is 1. The Kier molecular flexibility index (Phi) is 5.57. The third kappa shape index (κ3) is 4.66. The number of rotatable bonds is 5. The van der Waals surface area contributed by atoms with E-state index in [1.807, 2.05) is 0 Å². The fraction of sp³-hybridized carbons (Fsp3) is 0.182. The number of nitrogens with one attached hydrogen (secondary N) is 1. The van der Waals surface area contributed by atoms with E-state index in [1.54, 1.807) is 17.2 Å². The van der Waals surface area contributed by atoms with Crippen LogP contribution in [0.1, 0.15) is 22.3 Å². The lowest BCUT2D eigenvalue weighted by Crippen LogP contribution is -2.32. The lowest BCUT2D eigenvalue weighted by atomic mass is 10.1. The van der Waals surface area contributed by atoms with E-state index in [2.05, 4.69) is 15.3 Å². The van der Waals surface area contributed by atoms with Crippen LogP contribution >= 0.6 is 0 Å². The quantitative estimate of drug-likeness (QED) is 0.615. The zero-order valence-corrected chi connectivity index (χ0v) is 16.4. The highest BCUT2D eigenvalue weighted by Gasteiger charge is 2.27. The van der Waals surface area contributed by atoms with Gasteiger partial charge in [-0.3, -0.25) is 9.59 Å². The largest absolute Gasteiger partial charge is 0.366 e. The first-order chi connectivity index (χ1) is 14.9. The minimum absolute atomic E-state index is 0.0653. The third-order valence-electron chi connectivity index (χ3n) is 5.03. The van der Waals surface area contributed by atoms with E-state index >= 15 is 0 Å². The summed E-state index contributed by atoms with van der Waals surface area (Å²) < 4.78 is 27.5. The second-order valence-electron chi connectivity index (χ2n) is 7.25. The van der Waals surface area contributed by atoms with Crippen molar-refractivity contribution in [2.75, 3.05) is 18.4 Å². The van der Waals surface area contributed by atoms with E-state index in [1.165, 1.54) is 30.3 Å².